The molecule has 0 aliphatic heterocycles. The van der Waals surface area contributed by atoms with E-state index in [1.165, 1.54) is 6.26 Å². The Labute approximate surface area is 103 Å². The average molecular weight is 263 g/mol. The maximum absolute atomic E-state index is 11.5. The minimum absolute atomic E-state index is 0.0144. The molecule has 0 bridgehead atoms. The molecule has 2 atom stereocenters. The van der Waals surface area contributed by atoms with Crippen LogP contribution in [0.4, 0.5) is 0 Å². The van der Waals surface area contributed by atoms with E-state index in [2.05, 4.69) is 5.32 Å². The molecule has 0 amide bonds. The molecular formula is C11H21NO4S. The summed E-state index contributed by atoms with van der Waals surface area (Å²) < 4.78 is 27.8. The highest BCUT2D eigenvalue weighted by Crippen LogP contribution is 2.24. The summed E-state index contributed by atoms with van der Waals surface area (Å²) in [5.41, 5.74) is 0. The van der Waals surface area contributed by atoms with Crippen LogP contribution in [0.3, 0.4) is 0 Å². The topological polar surface area (TPSA) is 72.5 Å². The lowest BCUT2D eigenvalue weighted by molar-refractivity contribution is -0.143. The number of hydrogen-bond donors (Lipinski definition) is 1. The molecule has 1 rings (SSSR count). The van der Waals surface area contributed by atoms with Gasteiger partial charge in [-0.3, -0.25) is 4.79 Å². The third-order valence-corrected chi connectivity index (χ3v) is 4.71. The number of nitrogens with one attached hydrogen (secondary N) is 1. The van der Waals surface area contributed by atoms with Crippen molar-refractivity contribution in [3.05, 3.63) is 0 Å². The van der Waals surface area contributed by atoms with Crippen LogP contribution in [0.5, 0.6) is 0 Å². The molecular weight excluding hydrogens is 242 g/mol. The minimum atomic E-state index is -2.99. The summed E-state index contributed by atoms with van der Waals surface area (Å²) in [6.45, 7) is 2.63. The lowest BCUT2D eigenvalue weighted by Gasteiger charge is -2.19. The number of esters is 1. The number of sulfone groups is 1. The van der Waals surface area contributed by atoms with E-state index in [-0.39, 0.29) is 17.3 Å². The van der Waals surface area contributed by atoms with E-state index < -0.39 is 9.84 Å². The van der Waals surface area contributed by atoms with Gasteiger partial charge in [0.05, 0.1) is 18.3 Å². The van der Waals surface area contributed by atoms with Crippen LogP contribution in [-0.2, 0) is 19.4 Å². The summed E-state index contributed by atoms with van der Waals surface area (Å²) in [6, 6.07) is -0.0144. The Bertz CT molecular complexity index is 352. The minimum Gasteiger partial charge on any atom is -0.466 e. The first-order valence-electron chi connectivity index (χ1n) is 6.03. The fraction of sp³-hybridized carbons (Fsp3) is 0.909. The lowest BCUT2D eigenvalue weighted by atomic mass is 10.2. The Balaban J connectivity index is 2.34. The van der Waals surface area contributed by atoms with Crippen molar-refractivity contribution in [1.82, 2.24) is 5.32 Å². The van der Waals surface area contributed by atoms with Gasteiger partial charge in [0.25, 0.3) is 0 Å². The van der Waals surface area contributed by atoms with Gasteiger partial charge in [-0.1, -0.05) is 6.42 Å². The average Bonchev–Trinajstić information content (AvgIpc) is 2.65. The van der Waals surface area contributed by atoms with Crippen molar-refractivity contribution in [1.29, 1.82) is 0 Å². The van der Waals surface area contributed by atoms with Crippen LogP contribution in [0.2, 0.25) is 0 Å². The van der Waals surface area contributed by atoms with Crippen molar-refractivity contribution in [2.75, 3.05) is 19.4 Å². The molecule has 1 aliphatic carbocycles. The Morgan fingerprint density at radius 1 is 1.41 bits per heavy atom. The van der Waals surface area contributed by atoms with Crippen LogP contribution in [0.15, 0.2) is 0 Å². The van der Waals surface area contributed by atoms with E-state index >= 15 is 0 Å². The van der Waals surface area contributed by atoms with Gasteiger partial charge < -0.3 is 10.1 Å². The standard InChI is InChI=1S/C11H21NO4S/c1-3-16-11(13)7-8-12-9-5-4-6-10(9)17(2,14)15/h9-10,12H,3-8H2,1-2H3. The summed E-state index contributed by atoms with van der Waals surface area (Å²) in [7, 11) is -2.99. The predicted octanol–water partition coefficient (Wildman–Crippen LogP) is 0.495. The molecule has 0 heterocycles. The first kappa shape index (κ1) is 14.4. The summed E-state index contributed by atoms with van der Waals surface area (Å²) in [5, 5.41) is 2.85. The Morgan fingerprint density at radius 3 is 2.71 bits per heavy atom. The van der Waals surface area contributed by atoms with Crippen molar-refractivity contribution in [3.63, 3.8) is 0 Å². The monoisotopic (exact) mass is 263 g/mol. The van der Waals surface area contributed by atoms with Crippen LogP contribution >= 0.6 is 0 Å². The molecule has 0 radical (unpaired) electrons. The molecule has 0 spiro atoms. The summed E-state index contributed by atoms with van der Waals surface area (Å²) >= 11 is 0. The van der Waals surface area contributed by atoms with Gasteiger partial charge in [-0.15, -0.1) is 0 Å². The molecule has 0 aromatic rings. The van der Waals surface area contributed by atoms with E-state index in [4.69, 9.17) is 4.74 Å². The second-order valence-electron chi connectivity index (χ2n) is 4.41. The molecule has 100 valence electrons. The van der Waals surface area contributed by atoms with Crippen LogP contribution in [0.1, 0.15) is 32.6 Å². The van der Waals surface area contributed by atoms with Crippen LogP contribution in [-0.4, -0.2) is 45.1 Å². The molecule has 6 heteroatoms. The Hall–Kier alpha value is -0.620. The smallest absolute Gasteiger partial charge is 0.307 e. The molecule has 2 unspecified atom stereocenters. The van der Waals surface area contributed by atoms with Crippen molar-refractivity contribution < 1.29 is 17.9 Å². The second-order valence-corrected chi connectivity index (χ2v) is 6.68. The molecule has 1 saturated carbocycles. The van der Waals surface area contributed by atoms with Crippen molar-refractivity contribution in [2.24, 2.45) is 0 Å². The van der Waals surface area contributed by atoms with E-state index in [1.807, 2.05) is 0 Å². The largest absolute Gasteiger partial charge is 0.466 e. The quantitative estimate of drug-likeness (QED) is 0.706. The highest BCUT2D eigenvalue weighted by atomic mass is 32.2. The van der Waals surface area contributed by atoms with E-state index in [0.29, 0.717) is 19.6 Å². The van der Waals surface area contributed by atoms with Gasteiger partial charge in [-0.25, -0.2) is 8.42 Å². The van der Waals surface area contributed by atoms with Gasteiger partial charge in [-0.05, 0) is 19.8 Å². The zero-order valence-electron chi connectivity index (χ0n) is 10.4. The molecule has 1 aliphatic rings. The predicted molar refractivity (Wildman–Crippen MR) is 65.5 cm³/mol. The molecule has 0 aromatic heterocycles. The fourth-order valence-corrected chi connectivity index (χ4v) is 3.69. The number of rotatable bonds is 6. The second kappa shape index (κ2) is 6.35. The number of hydrogen-bond acceptors (Lipinski definition) is 5. The molecule has 0 saturated heterocycles. The molecule has 1 N–H and O–H groups in total. The third-order valence-electron chi connectivity index (χ3n) is 3.04. The van der Waals surface area contributed by atoms with Gasteiger partial charge in [0.1, 0.15) is 0 Å². The first-order valence-corrected chi connectivity index (χ1v) is 7.98. The Kier molecular flexibility index (Phi) is 5.39. The zero-order valence-corrected chi connectivity index (χ0v) is 11.3. The van der Waals surface area contributed by atoms with Crippen LogP contribution < -0.4 is 5.32 Å². The van der Waals surface area contributed by atoms with Gasteiger partial charge in [0, 0.05) is 18.8 Å². The number of carbonyl (C=O) groups excluding carboxylic acids is 1. The number of carbonyl (C=O) groups is 1. The summed E-state index contributed by atoms with van der Waals surface area (Å²) in [4.78, 5) is 11.1. The summed E-state index contributed by atoms with van der Waals surface area (Å²) in [5.74, 6) is -0.242. The SMILES string of the molecule is CCOC(=O)CCNC1CCCC1S(C)(=O)=O. The maximum Gasteiger partial charge on any atom is 0.307 e. The van der Waals surface area contributed by atoms with Gasteiger partial charge >= 0.3 is 5.97 Å². The summed E-state index contributed by atoms with van der Waals surface area (Å²) in [6.07, 6.45) is 4.08. The molecule has 1 fully saturated rings. The number of ether oxygens (including phenoxy) is 1. The lowest BCUT2D eigenvalue weighted by Crippen LogP contribution is -2.40. The van der Waals surface area contributed by atoms with Crippen molar-refractivity contribution >= 4 is 15.8 Å². The highest BCUT2D eigenvalue weighted by Gasteiger charge is 2.34. The van der Waals surface area contributed by atoms with E-state index in [9.17, 15) is 13.2 Å². The van der Waals surface area contributed by atoms with Crippen LogP contribution in [0, 0.1) is 0 Å². The molecule has 5 nitrogen and oxygen atoms in total. The normalized spacial score (nSPS) is 24.8. The molecule has 0 aromatic carbocycles. The first-order chi connectivity index (χ1) is 7.95. The molecule has 17 heavy (non-hydrogen) atoms. The highest BCUT2D eigenvalue weighted by molar-refractivity contribution is 7.91. The Morgan fingerprint density at radius 2 is 2.12 bits per heavy atom. The zero-order chi connectivity index (χ0) is 12.9. The van der Waals surface area contributed by atoms with Crippen molar-refractivity contribution in [2.45, 2.75) is 43.9 Å². The van der Waals surface area contributed by atoms with E-state index in [0.717, 1.165) is 19.3 Å². The van der Waals surface area contributed by atoms with Crippen LogP contribution in [0.25, 0.3) is 0 Å². The third kappa shape index (κ3) is 4.63. The van der Waals surface area contributed by atoms with E-state index in [1.54, 1.807) is 6.92 Å². The van der Waals surface area contributed by atoms with Gasteiger partial charge in [0.2, 0.25) is 0 Å². The van der Waals surface area contributed by atoms with Crippen molar-refractivity contribution in [3.8, 4) is 0 Å². The fourth-order valence-electron chi connectivity index (χ4n) is 2.26. The van der Waals surface area contributed by atoms with Gasteiger partial charge in [-0.2, -0.15) is 0 Å². The van der Waals surface area contributed by atoms with Gasteiger partial charge in [0.15, 0.2) is 9.84 Å². The maximum atomic E-state index is 11.5.